The predicted molar refractivity (Wildman–Crippen MR) is 141 cm³/mol. The third-order valence-electron chi connectivity index (χ3n) is 6.80. The van der Waals surface area contributed by atoms with Crippen LogP contribution in [0.5, 0.6) is 0 Å². The third kappa shape index (κ3) is 9.38. The summed E-state index contributed by atoms with van der Waals surface area (Å²) in [7, 11) is -0.658. The van der Waals surface area contributed by atoms with Crippen molar-refractivity contribution in [1.29, 1.82) is 0 Å². The van der Waals surface area contributed by atoms with Crippen molar-refractivity contribution in [2.75, 3.05) is 32.6 Å². The summed E-state index contributed by atoms with van der Waals surface area (Å²) in [6.45, 7) is 11.7. The van der Waals surface area contributed by atoms with Crippen molar-refractivity contribution >= 4 is 38.4 Å². The van der Waals surface area contributed by atoms with Gasteiger partial charge in [0.15, 0.2) is 8.32 Å². The van der Waals surface area contributed by atoms with Crippen molar-refractivity contribution in [3.63, 3.8) is 0 Å². The number of hydroxylamine groups is 2. The van der Waals surface area contributed by atoms with Crippen LogP contribution in [0.25, 0.3) is 0 Å². The molecule has 0 N–H and O–H groups in total. The Kier molecular flexibility index (Phi) is 12.0. The number of amides is 1. The molecule has 2 heterocycles. The molecule has 10 nitrogen and oxygen atoms in total. The zero-order valence-electron chi connectivity index (χ0n) is 22.9. The van der Waals surface area contributed by atoms with Crippen molar-refractivity contribution in [3.8, 4) is 0 Å². The van der Waals surface area contributed by atoms with Crippen molar-refractivity contribution in [2.24, 2.45) is 0 Å². The number of ether oxygens (including phenoxy) is 2. The fourth-order valence-electron chi connectivity index (χ4n) is 3.68. The number of hydrogen-bond donors (Lipinski definition) is 0. The SMILES string of the molecule is CC[C@H]1OCCC1O[P@](=O)(OC[C@H]1OCCC1O[Si](C)(C)C(C)(C)C)SCCC(=O)N(C)OC(C)=O. The Morgan fingerprint density at radius 2 is 1.72 bits per heavy atom. The number of hydrogen-bond acceptors (Lipinski definition) is 10. The summed E-state index contributed by atoms with van der Waals surface area (Å²) in [6, 6.07) is 0. The summed E-state index contributed by atoms with van der Waals surface area (Å²) >= 11 is 0.970. The molecule has 0 radical (unpaired) electrons. The van der Waals surface area contributed by atoms with E-state index in [0.717, 1.165) is 29.3 Å². The molecular weight excluding hydrogens is 525 g/mol. The van der Waals surface area contributed by atoms with E-state index in [1.165, 1.54) is 14.0 Å². The predicted octanol–water partition coefficient (Wildman–Crippen LogP) is 4.93. The highest BCUT2D eigenvalue weighted by Crippen LogP contribution is 2.62. The molecule has 0 aliphatic carbocycles. The molecule has 0 saturated carbocycles. The maximum atomic E-state index is 13.8. The summed E-state index contributed by atoms with van der Waals surface area (Å²) in [5.74, 6) is -0.836. The Morgan fingerprint density at radius 1 is 1.11 bits per heavy atom. The molecule has 0 bridgehead atoms. The summed E-state index contributed by atoms with van der Waals surface area (Å²) in [5, 5.41) is 0.932. The van der Waals surface area contributed by atoms with Gasteiger partial charge in [0, 0.05) is 45.8 Å². The second-order valence-electron chi connectivity index (χ2n) is 10.7. The highest BCUT2D eigenvalue weighted by molar-refractivity contribution is 8.55. The first-order valence-electron chi connectivity index (χ1n) is 12.6. The molecule has 2 unspecified atom stereocenters. The number of nitrogens with zero attached hydrogens (tertiary/aromatic N) is 1. The van der Waals surface area contributed by atoms with Crippen molar-refractivity contribution < 1.29 is 41.9 Å². The Morgan fingerprint density at radius 3 is 2.31 bits per heavy atom. The van der Waals surface area contributed by atoms with Gasteiger partial charge in [0.25, 0.3) is 5.91 Å². The molecule has 0 spiro atoms. The molecule has 0 aromatic carbocycles. The summed E-state index contributed by atoms with van der Waals surface area (Å²) in [6.07, 6.45) is 1.11. The monoisotopic (exact) mass is 569 g/mol. The van der Waals surface area contributed by atoms with Gasteiger partial charge in [-0.1, -0.05) is 27.7 Å². The molecular formula is C23H44NO9PSSi. The number of carbonyl (C=O) groups excluding carboxylic acids is 2. The molecule has 2 fully saturated rings. The zero-order chi connectivity index (χ0) is 27.1. The Hall–Kier alpha value is -0.463. The van der Waals surface area contributed by atoms with E-state index >= 15 is 0 Å². The van der Waals surface area contributed by atoms with Gasteiger partial charge in [-0.05, 0) is 42.4 Å². The van der Waals surface area contributed by atoms with Crippen LogP contribution in [-0.4, -0.2) is 82.3 Å². The first kappa shape index (κ1) is 31.8. The first-order valence-corrected chi connectivity index (χ1v) is 18.6. The summed E-state index contributed by atoms with van der Waals surface area (Å²) < 4.78 is 44.0. The second-order valence-corrected chi connectivity index (χ2v) is 19.6. The smallest absolute Gasteiger partial charge is 0.389 e. The molecule has 1 amide bonds. The molecule has 2 aliphatic heterocycles. The molecule has 36 heavy (non-hydrogen) atoms. The summed E-state index contributed by atoms with van der Waals surface area (Å²) in [4.78, 5) is 28.1. The van der Waals surface area contributed by atoms with Gasteiger partial charge in [-0.25, -0.2) is 4.57 Å². The molecule has 2 saturated heterocycles. The van der Waals surface area contributed by atoms with Crippen LogP contribution in [0.2, 0.25) is 18.1 Å². The van der Waals surface area contributed by atoms with Gasteiger partial charge in [0.2, 0.25) is 0 Å². The van der Waals surface area contributed by atoms with Gasteiger partial charge >= 0.3 is 12.8 Å². The van der Waals surface area contributed by atoms with Crippen LogP contribution in [0.15, 0.2) is 0 Å². The number of rotatable bonds is 12. The minimum absolute atomic E-state index is 0.000562. The molecule has 0 aromatic heterocycles. The fraction of sp³-hybridized carbons (Fsp3) is 0.913. The molecule has 13 heteroatoms. The van der Waals surface area contributed by atoms with E-state index in [1.807, 2.05) is 6.92 Å². The van der Waals surface area contributed by atoms with Crippen LogP contribution >= 0.6 is 18.2 Å². The Balaban J connectivity index is 2.03. The van der Waals surface area contributed by atoms with Crippen LogP contribution in [0.1, 0.15) is 60.3 Å². The van der Waals surface area contributed by atoms with E-state index in [9.17, 15) is 14.2 Å². The van der Waals surface area contributed by atoms with Gasteiger partial charge in [-0.3, -0.25) is 18.6 Å². The van der Waals surface area contributed by atoms with E-state index in [0.29, 0.717) is 19.6 Å². The maximum Gasteiger partial charge on any atom is 0.389 e. The molecule has 2 aliphatic rings. The van der Waals surface area contributed by atoms with E-state index in [-0.39, 0.29) is 48.2 Å². The average molecular weight is 570 g/mol. The highest BCUT2D eigenvalue weighted by atomic mass is 32.7. The Bertz CT molecular complexity index is 794. The first-order chi connectivity index (χ1) is 16.7. The van der Waals surface area contributed by atoms with Gasteiger partial charge in [-0.2, -0.15) is 5.06 Å². The summed E-state index contributed by atoms with van der Waals surface area (Å²) in [5.41, 5.74) is 0. The van der Waals surface area contributed by atoms with Crippen LogP contribution in [0.4, 0.5) is 0 Å². The molecule has 2 rings (SSSR count). The lowest BCUT2D eigenvalue weighted by atomic mass is 10.1. The zero-order valence-corrected chi connectivity index (χ0v) is 25.7. The van der Waals surface area contributed by atoms with Crippen molar-refractivity contribution in [3.05, 3.63) is 0 Å². The fourth-order valence-corrected chi connectivity index (χ4v) is 8.51. The lowest BCUT2D eigenvalue weighted by molar-refractivity contribution is -0.190. The topological polar surface area (TPSA) is 110 Å². The lowest BCUT2D eigenvalue weighted by Gasteiger charge is -2.39. The quantitative estimate of drug-likeness (QED) is 0.182. The normalized spacial score (nSPS) is 26.6. The molecule has 5 atom stereocenters. The van der Waals surface area contributed by atoms with Gasteiger partial charge in [-0.15, -0.1) is 0 Å². The van der Waals surface area contributed by atoms with E-state index in [2.05, 4.69) is 33.9 Å². The highest BCUT2D eigenvalue weighted by Gasteiger charge is 2.44. The minimum atomic E-state index is -3.66. The van der Waals surface area contributed by atoms with Crippen molar-refractivity contribution in [1.82, 2.24) is 5.06 Å². The van der Waals surface area contributed by atoms with Crippen LogP contribution < -0.4 is 0 Å². The van der Waals surface area contributed by atoms with Gasteiger partial charge in [0.05, 0.1) is 24.9 Å². The number of carbonyl (C=O) groups is 2. The maximum absolute atomic E-state index is 13.8. The molecule has 210 valence electrons. The van der Waals surface area contributed by atoms with Gasteiger partial charge < -0.3 is 18.7 Å². The van der Waals surface area contributed by atoms with Crippen molar-refractivity contribution in [2.45, 2.75) is 103 Å². The van der Waals surface area contributed by atoms with E-state index < -0.39 is 27.0 Å². The lowest BCUT2D eigenvalue weighted by Crippen LogP contribution is -2.46. The van der Waals surface area contributed by atoms with Crippen LogP contribution in [0.3, 0.4) is 0 Å². The largest absolute Gasteiger partial charge is 0.411 e. The van der Waals surface area contributed by atoms with Gasteiger partial charge in [0.1, 0.15) is 6.10 Å². The molecule has 0 aromatic rings. The van der Waals surface area contributed by atoms with E-state index in [4.69, 9.17) is 27.8 Å². The minimum Gasteiger partial charge on any atom is -0.411 e. The van der Waals surface area contributed by atoms with Crippen LogP contribution in [-0.2, 0) is 41.9 Å². The van der Waals surface area contributed by atoms with Crippen LogP contribution in [0, 0.1) is 0 Å². The Labute approximate surface area is 220 Å². The second kappa shape index (κ2) is 13.6. The van der Waals surface area contributed by atoms with E-state index in [1.54, 1.807) is 0 Å². The third-order valence-corrected chi connectivity index (χ3v) is 15.1. The standard InChI is InChI=1S/C23H44NO9PSSi/c1-9-18-19(10-13-28-18)32-34(27,35-15-12-22(26)24(6)31-17(2)25)30-16-21-20(11-14-29-21)33-36(7,8)23(3,4)5/h18-21H,9-16H2,1-8H3/t18-,19?,20?,21-,34+/m1/s1. The average Bonchev–Trinajstić information content (AvgIpc) is 3.39.